The molecule has 0 amide bonds. The first kappa shape index (κ1) is 16.1. The van der Waals surface area contributed by atoms with Crippen molar-refractivity contribution in [2.45, 2.75) is 6.10 Å². The van der Waals surface area contributed by atoms with Gasteiger partial charge < -0.3 is 15.7 Å². The van der Waals surface area contributed by atoms with Crippen LogP contribution < -0.4 is 10.6 Å². The molecule has 21 heavy (non-hydrogen) atoms. The van der Waals surface area contributed by atoms with Crippen LogP contribution in [0, 0.1) is 0 Å². The van der Waals surface area contributed by atoms with Gasteiger partial charge in [-0.2, -0.15) is 0 Å². The van der Waals surface area contributed by atoms with E-state index in [-0.39, 0.29) is 6.54 Å². The average molecular weight is 348 g/mol. The Labute approximate surface area is 137 Å². The molecule has 0 aliphatic rings. The lowest BCUT2D eigenvalue weighted by Crippen LogP contribution is -2.14. The molecule has 0 saturated carbocycles. The Bertz CT molecular complexity index is 639. The van der Waals surface area contributed by atoms with Crippen LogP contribution in [0.1, 0.15) is 11.7 Å². The van der Waals surface area contributed by atoms with E-state index in [9.17, 15) is 5.11 Å². The number of anilines is 2. The highest BCUT2D eigenvalue weighted by atomic mass is 35.5. The molecule has 2 rings (SSSR count). The van der Waals surface area contributed by atoms with E-state index < -0.39 is 6.10 Å². The second kappa shape index (κ2) is 7.13. The minimum atomic E-state index is -0.812. The van der Waals surface area contributed by atoms with E-state index in [0.29, 0.717) is 32.3 Å². The van der Waals surface area contributed by atoms with Crippen LogP contribution >= 0.6 is 34.8 Å². The van der Waals surface area contributed by atoms with E-state index >= 15 is 0 Å². The molecule has 2 aromatic rings. The molecular formula is C13H13Cl3N4O. The number of hydrogen-bond acceptors (Lipinski definition) is 5. The highest BCUT2D eigenvalue weighted by molar-refractivity contribution is 6.35. The first-order chi connectivity index (χ1) is 10.0. The average Bonchev–Trinajstić information content (AvgIpc) is 2.44. The molecule has 3 N–H and O–H groups in total. The summed E-state index contributed by atoms with van der Waals surface area (Å²) in [6.45, 7) is 0.212. The summed E-state index contributed by atoms with van der Waals surface area (Å²) in [7, 11) is 1.71. The maximum absolute atomic E-state index is 10.2. The normalized spacial score (nSPS) is 12.0. The first-order valence-corrected chi connectivity index (χ1v) is 7.21. The van der Waals surface area contributed by atoms with Crippen molar-refractivity contribution < 1.29 is 5.11 Å². The zero-order valence-corrected chi connectivity index (χ0v) is 13.3. The fourth-order valence-electron chi connectivity index (χ4n) is 1.79. The van der Waals surface area contributed by atoms with Crippen molar-refractivity contribution >= 4 is 46.3 Å². The Hall–Kier alpha value is -1.27. The predicted molar refractivity (Wildman–Crippen MR) is 86.5 cm³/mol. The van der Waals surface area contributed by atoms with Crippen molar-refractivity contribution in [3.05, 3.63) is 45.3 Å². The fourth-order valence-corrected chi connectivity index (χ4v) is 2.56. The van der Waals surface area contributed by atoms with Gasteiger partial charge >= 0.3 is 0 Å². The van der Waals surface area contributed by atoms with E-state index in [1.807, 2.05) is 0 Å². The molecule has 1 heterocycles. The van der Waals surface area contributed by atoms with Crippen LogP contribution in [0.3, 0.4) is 0 Å². The minimum Gasteiger partial charge on any atom is -0.387 e. The maximum atomic E-state index is 10.2. The van der Waals surface area contributed by atoms with Crippen molar-refractivity contribution in [1.29, 1.82) is 0 Å². The van der Waals surface area contributed by atoms with Crippen LogP contribution in [0.4, 0.5) is 11.5 Å². The summed E-state index contributed by atoms with van der Waals surface area (Å²) < 4.78 is 0. The molecule has 0 bridgehead atoms. The monoisotopic (exact) mass is 346 g/mol. The number of halogens is 3. The summed E-state index contributed by atoms with van der Waals surface area (Å²) in [6.07, 6.45) is 0.529. The lowest BCUT2D eigenvalue weighted by atomic mass is 10.1. The zero-order valence-electron chi connectivity index (χ0n) is 11.1. The Morgan fingerprint density at radius 2 is 2.00 bits per heavy atom. The molecule has 1 aromatic carbocycles. The summed E-state index contributed by atoms with van der Waals surface area (Å²) in [5.74, 6) is 0.502. The van der Waals surface area contributed by atoms with Crippen molar-refractivity contribution in [2.75, 3.05) is 24.2 Å². The molecule has 0 saturated heterocycles. The number of hydrogen-bond donors (Lipinski definition) is 3. The van der Waals surface area contributed by atoms with Crippen molar-refractivity contribution in [3.8, 4) is 0 Å². The Morgan fingerprint density at radius 1 is 1.24 bits per heavy atom. The Balaban J connectivity index is 2.11. The standard InChI is InChI=1S/C13H13Cl3N4O/c1-17-11-12(16)19-6-20-13(11)18-5-10(21)8-3-2-7(14)4-9(8)15/h2-4,6,10,17,21H,5H2,1H3,(H,18,19,20). The summed E-state index contributed by atoms with van der Waals surface area (Å²) in [6, 6.07) is 4.94. The fraction of sp³-hybridized carbons (Fsp3) is 0.231. The van der Waals surface area contributed by atoms with Crippen LogP contribution in [0.2, 0.25) is 15.2 Å². The van der Waals surface area contributed by atoms with Gasteiger partial charge in [0.15, 0.2) is 11.0 Å². The van der Waals surface area contributed by atoms with E-state index in [1.54, 1.807) is 25.2 Å². The van der Waals surface area contributed by atoms with Gasteiger partial charge in [-0.05, 0) is 12.1 Å². The van der Waals surface area contributed by atoms with Gasteiger partial charge in [0.1, 0.15) is 12.0 Å². The quantitative estimate of drug-likeness (QED) is 0.721. The molecule has 0 spiro atoms. The number of aromatic nitrogens is 2. The highest BCUT2D eigenvalue weighted by Crippen LogP contribution is 2.28. The third-order valence-corrected chi connectivity index (χ3v) is 3.68. The van der Waals surface area contributed by atoms with Crippen molar-refractivity contribution in [3.63, 3.8) is 0 Å². The lowest BCUT2D eigenvalue weighted by Gasteiger charge is -2.16. The van der Waals surface area contributed by atoms with Gasteiger partial charge in [0.05, 0.1) is 6.10 Å². The van der Waals surface area contributed by atoms with Crippen LogP contribution in [0.5, 0.6) is 0 Å². The van der Waals surface area contributed by atoms with Gasteiger partial charge in [-0.1, -0.05) is 40.9 Å². The first-order valence-electron chi connectivity index (χ1n) is 6.08. The second-order valence-corrected chi connectivity index (χ2v) is 5.40. The number of aliphatic hydroxyl groups excluding tert-OH is 1. The number of rotatable bonds is 5. The molecule has 1 atom stereocenters. The molecule has 5 nitrogen and oxygen atoms in total. The summed E-state index contributed by atoms with van der Waals surface area (Å²) in [4.78, 5) is 7.95. The molecule has 0 fully saturated rings. The SMILES string of the molecule is CNc1c(Cl)ncnc1NCC(O)c1ccc(Cl)cc1Cl. The molecular weight excluding hydrogens is 335 g/mol. The summed E-state index contributed by atoms with van der Waals surface area (Å²) in [5.41, 5.74) is 1.15. The van der Waals surface area contributed by atoms with Crippen LogP contribution in [0.25, 0.3) is 0 Å². The third-order valence-electron chi connectivity index (χ3n) is 2.84. The number of nitrogens with zero attached hydrogens (tertiary/aromatic N) is 2. The van der Waals surface area contributed by atoms with E-state index in [4.69, 9.17) is 34.8 Å². The third kappa shape index (κ3) is 3.89. The lowest BCUT2D eigenvalue weighted by molar-refractivity contribution is 0.191. The van der Waals surface area contributed by atoms with Crippen LogP contribution in [-0.4, -0.2) is 28.7 Å². The molecule has 0 radical (unpaired) electrons. The van der Waals surface area contributed by atoms with Gasteiger partial charge in [0.2, 0.25) is 0 Å². The summed E-state index contributed by atoms with van der Waals surface area (Å²) in [5, 5.41) is 17.3. The summed E-state index contributed by atoms with van der Waals surface area (Å²) >= 11 is 17.8. The van der Waals surface area contributed by atoms with Crippen molar-refractivity contribution in [2.24, 2.45) is 0 Å². The molecule has 0 aliphatic heterocycles. The van der Waals surface area contributed by atoms with E-state index in [2.05, 4.69) is 20.6 Å². The number of benzene rings is 1. The largest absolute Gasteiger partial charge is 0.387 e. The highest BCUT2D eigenvalue weighted by Gasteiger charge is 2.14. The van der Waals surface area contributed by atoms with Gasteiger partial charge in [0.25, 0.3) is 0 Å². The maximum Gasteiger partial charge on any atom is 0.157 e. The van der Waals surface area contributed by atoms with Gasteiger partial charge in [-0.25, -0.2) is 9.97 Å². The second-order valence-electron chi connectivity index (χ2n) is 4.20. The molecule has 112 valence electrons. The Morgan fingerprint density at radius 3 is 2.67 bits per heavy atom. The number of aliphatic hydroxyl groups is 1. The predicted octanol–water partition coefficient (Wildman–Crippen LogP) is 3.62. The molecule has 1 aromatic heterocycles. The zero-order chi connectivity index (χ0) is 15.4. The molecule has 0 aliphatic carbocycles. The van der Waals surface area contributed by atoms with Gasteiger partial charge in [-0.3, -0.25) is 0 Å². The smallest absolute Gasteiger partial charge is 0.157 e. The minimum absolute atomic E-state index is 0.212. The van der Waals surface area contributed by atoms with Crippen molar-refractivity contribution in [1.82, 2.24) is 9.97 Å². The molecule has 1 unspecified atom stereocenters. The molecule has 8 heteroatoms. The van der Waals surface area contributed by atoms with Gasteiger partial charge in [0, 0.05) is 29.2 Å². The van der Waals surface area contributed by atoms with E-state index in [0.717, 1.165) is 0 Å². The Kier molecular flexibility index (Phi) is 5.47. The van der Waals surface area contributed by atoms with Gasteiger partial charge in [-0.15, -0.1) is 0 Å². The number of nitrogens with one attached hydrogen (secondary N) is 2. The topological polar surface area (TPSA) is 70.1 Å². The van der Waals surface area contributed by atoms with Crippen LogP contribution in [-0.2, 0) is 0 Å². The van der Waals surface area contributed by atoms with Crippen LogP contribution in [0.15, 0.2) is 24.5 Å². The van der Waals surface area contributed by atoms with E-state index in [1.165, 1.54) is 6.33 Å².